The Balaban J connectivity index is 2.74. The van der Waals surface area contributed by atoms with Crippen molar-refractivity contribution in [2.75, 3.05) is 13.7 Å². The lowest BCUT2D eigenvalue weighted by molar-refractivity contribution is -0.143. The lowest BCUT2D eigenvalue weighted by Crippen LogP contribution is -2.30. The molecule has 0 fully saturated rings. The zero-order valence-electron chi connectivity index (χ0n) is 10.2. The second-order valence-electron chi connectivity index (χ2n) is 3.82. The zero-order chi connectivity index (χ0) is 12.7. The number of nitrogens with one attached hydrogen (secondary N) is 1. The molecule has 0 saturated carbocycles. The Morgan fingerprint density at radius 3 is 2.59 bits per heavy atom. The van der Waals surface area contributed by atoms with E-state index in [0.29, 0.717) is 5.02 Å². The number of esters is 1. The summed E-state index contributed by atoms with van der Waals surface area (Å²) in [5, 5.41) is 3.85. The molecular weight excluding hydrogens is 238 g/mol. The second-order valence-corrected chi connectivity index (χ2v) is 4.25. The number of ether oxygens (including phenoxy) is 1. The molecule has 4 heteroatoms. The molecule has 0 heterocycles. The Labute approximate surface area is 107 Å². The fourth-order valence-electron chi connectivity index (χ4n) is 1.53. The van der Waals surface area contributed by atoms with Crippen LogP contribution in [0.15, 0.2) is 24.3 Å². The van der Waals surface area contributed by atoms with Gasteiger partial charge in [0, 0.05) is 5.02 Å². The van der Waals surface area contributed by atoms with Gasteiger partial charge in [-0.2, -0.15) is 0 Å². The van der Waals surface area contributed by atoms with E-state index in [1.54, 1.807) is 12.1 Å². The van der Waals surface area contributed by atoms with Crippen LogP contribution in [0.1, 0.15) is 31.4 Å². The van der Waals surface area contributed by atoms with Gasteiger partial charge in [0.1, 0.15) is 6.04 Å². The minimum atomic E-state index is -0.413. The van der Waals surface area contributed by atoms with Crippen molar-refractivity contribution in [3.63, 3.8) is 0 Å². The van der Waals surface area contributed by atoms with Gasteiger partial charge in [-0.3, -0.25) is 0 Å². The minimum Gasteiger partial charge on any atom is -0.468 e. The first-order valence-electron chi connectivity index (χ1n) is 5.75. The molecular formula is C13H18ClNO2. The Kier molecular flexibility index (Phi) is 6.01. The minimum absolute atomic E-state index is 0.275. The summed E-state index contributed by atoms with van der Waals surface area (Å²) < 4.78 is 4.79. The topological polar surface area (TPSA) is 38.3 Å². The first kappa shape index (κ1) is 14.0. The van der Waals surface area contributed by atoms with Gasteiger partial charge in [-0.25, -0.2) is 4.79 Å². The first-order chi connectivity index (χ1) is 8.19. The van der Waals surface area contributed by atoms with Crippen molar-refractivity contribution in [3.8, 4) is 0 Å². The third kappa shape index (κ3) is 4.36. The molecule has 0 aromatic heterocycles. The van der Waals surface area contributed by atoms with Crippen LogP contribution in [0, 0.1) is 0 Å². The quantitative estimate of drug-likeness (QED) is 0.627. The maximum atomic E-state index is 11.7. The summed E-state index contributed by atoms with van der Waals surface area (Å²) in [6.07, 6.45) is 2.11. The predicted molar refractivity (Wildman–Crippen MR) is 69.1 cm³/mol. The van der Waals surface area contributed by atoms with Crippen LogP contribution in [0.5, 0.6) is 0 Å². The average Bonchev–Trinajstić information content (AvgIpc) is 2.35. The molecule has 94 valence electrons. The highest BCUT2D eigenvalue weighted by Crippen LogP contribution is 2.17. The van der Waals surface area contributed by atoms with Crippen molar-refractivity contribution >= 4 is 17.6 Å². The summed E-state index contributed by atoms with van der Waals surface area (Å²) in [6, 6.07) is 6.80. The molecule has 0 amide bonds. The molecule has 17 heavy (non-hydrogen) atoms. The standard InChI is InChI=1S/C13H18ClNO2/c1-3-4-9-15-12(13(16)17-2)10-5-7-11(14)8-6-10/h5-8,12,15H,3-4,9H2,1-2H3. The second kappa shape index (κ2) is 7.30. The van der Waals surface area contributed by atoms with E-state index in [4.69, 9.17) is 16.3 Å². The van der Waals surface area contributed by atoms with Crippen LogP contribution in [0.3, 0.4) is 0 Å². The highest BCUT2D eigenvalue weighted by molar-refractivity contribution is 6.30. The number of rotatable bonds is 6. The van der Waals surface area contributed by atoms with Crippen LogP contribution in [0.4, 0.5) is 0 Å². The van der Waals surface area contributed by atoms with E-state index in [1.807, 2.05) is 12.1 Å². The molecule has 1 rings (SSSR count). The number of carbonyl (C=O) groups is 1. The summed E-state index contributed by atoms with van der Waals surface area (Å²) in [5.74, 6) is -0.275. The molecule has 0 bridgehead atoms. The van der Waals surface area contributed by atoms with E-state index in [-0.39, 0.29) is 5.97 Å². The molecule has 1 atom stereocenters. The van der Waals surface area contributed by atoms with Gasteiger partial charge in [-0.1, -0.05) is 37.1 Å². The molecule has 0 saturated heterocycles. The fourth-order valence-corrected chi connectivity index (χ4v) is 1.66. The molecule has 1 N–H and O–H groups in total. The van der Waals surface area contributed by atoms with Gasteiger partial charge in [0.2, 0.25) is 0 Å². The molecule has 0 aliphatic heterocycles. The summed E-state index contributed by atoms with van der Waals surface area (Å²) in [7, 11) is 1.40. The number of hydrogen-bond donors (Lipinski definition) is 1. The fraction of sp³-hybridized carbons (Fsp3) is 0.462. The van der Waals surface area contributed by atoms with Crippen LogP contribution in [-0.2, 0) is 9.53 Å². The van der Waals surface area contributed by atoms with Gasteiger partial charge in [0.05, 0.1) is 7.11 Å². The van der Waals surface area contributed by atoms with Gasteiger partial charge in [0.25, 0.3) is 0 Å². The maximum Gasteiger partial charge on any atom is 0.327 e. The molecule has 1 aromatic carbocycles. The van der Waals surface area contributed by atoms with Crippen molar-refractivity contribution in [3.05, 3.63) is 34.9 Å². The summed E-state index contributed by atoms with van der Waals surface area (Å²) >= 11 is 5.82. The van der Waals surface area contributed by atoms with Crippen molar-refractivity contribution in [2.24, 2.45) is 0 Å². The van der Waals surface area contributed by atoms with Crippen molar-refractivity contribution < 1.29 is 9.53 Å². The Morgan fingerprint density at radius 2 is 2.06 bits per heavy atom. The van der Waals surface area contributed by atoms with Crippen molar-refractivity contribution in [1.29, 1.82) is 0 Å². The smallest absolute Gasteiger partial charge is 0.327 e. The van der Waals surface area contributed by atoms with E-state index < -0.39 is 6.04 Å². The molecule has 1 aromatic rings. The monoisotopic (exact) mass is 255 g/mol. The Hall–Kier alpha value is -1.06. The van der Waals surface area contributed by atoms with E-state index >= 15 is 0 Å². The largest absolute Gasteiger partial charge is 0.468 e. The van der Waals surface area contributed by atoms with Gasteiger partial charge in [0.15, 0.2) is 0 Å². The summed E-state index contributed by atoms with van der Waals surface area (Å²) in [5.41, 5.74) is 0.873. The lowest BCUT2D eigenvalue weighted by Gasteiger charge is -2.16. The molecule has 0 radical (unpaired) electrons. The number of benzene rings is 1. The predicted octanol–water partition coefficient (Wildman–Crippen LogP) is 2.94. The zero-order valence-corrected chi connectivity index (χ0v) is 11.0. The highest BCUT2D eigenvalue weighted by atomic mass is 35.5. The van der Waals surface area contributed by atoms with Gasteiger partial charge in [-0.05, 0) is 30.7 Å². The SMILES string of the molecule is CCCCNC(C(=O)OC)c1ccc(Cl)cc1. The highest BCUT2D eigenvalue weighted by Gasteiger charge is 2.20. The van der Waals surface area contributed by atoms with Crippen molar-refractivity contribution in [1.82, 2.24) is 5.32 Å². The molecule has 0 aliphatic rings. The first-order valence-corrected chi connectivity index (χ1v) is 6.13. The number of carbonyl (C=O) groups excluding carboxylic acids is 1. The number of methoxy groups -OCH3 is 1. The normalized spacial score (nSPS) is 12.2. The van der Waals surface area contributed by atoms with Crippen LogP contribution in [-0.4, -0.2) is 19.6 Å². The van der Waals surface area contributed by atoms with Crippen LogP contribution < -0.4 is 5.32 Å². The molecule has 3 nitrogen and oxygen atoms in total. The third-order valence-corrected chi connectivity index (χ3v) is 2.77. The Bertz CT molecular complexity index is 351. The summed E-state index contributed by atoms with van der Waals surface area (Å²) in [4.78, 5) is 11.7. The van der Waals surface area contributed by atoms with E-state index in [9.17, 15) is 4.79 Å². The number of unbranched alkanes of at least 4 members (excludes halogenated alkanes) is 1. The van der Waals surface area contributed by atoms with Gasteiger partial charge in [-0.15, -0.1) is 0 Å². The number of halogens is 1. The summed E-state index contributed by atoms with van der Waals surface area (Å²) in [6.45, 7) is 2.90. The van der Waals surface area contributed by atoms with Crippen LogP contribution in [0.2, 0.25) is 5.02 Å². The molecule has 0 aliphatic carbocycles. The Morgan fingerprint density at radius 1 is 1.41 bits per heavy atom. The number of hydrogen-bond acceptors (Lipinski definition) is 3. The van der Waals surface area contributed by atoms with E-state index in [0.717, 1.165) is 24.9 Å². The van der Waals surface area contributed by atoms with Gasteiger partial charge >= 0.3 is 5.97 Å². The van der Waals surface area contributed by atoms with E-state index in [1.165, 1.54) is 7.11 Å². The van der Waals surface area contributed by atoms with E-state index in [2.05, 4.69) is 12.2 Å². The average molecular weight is 256 g/mol. The molecule has 1 unspecified atom stereocenters. The van der Waals surface area contributed by atoms with Gasteiger partial charge < -0.3 is 10.1 Å². The van der Waals surface area contributed by atoms with Crippen LogP contribution >= 0.6 is 11.6 Å². The third-order valence-electron chi connectivity index (χ3n) is 2.52. The molecule has 0 spiro atoms. The van der Waals surface area contributed by atoms with Crippen LogP contribution in [0.25, 0.3) is 0 Å². The van der Waals surface area contributed by atoms with Crippen molar-refractivity contribution in [2.45, 2.75) is 25.8 Å². The maximum absolute atomic E-state index is 11.7. The lowest BCUT2D eigenvalue weighted by atomic mass is 10.1.